The van der Waals surface area contributed by atoms with Gasteiger partial charge < -0.3 is 10.1 Å². The molecule has 1 fully saturated rings. The second kappa shape index (κ2) is 5.89. The fourth-order valence-corrected chi connectivity index (χ4v) is 2.17. The van der Waals surface area contributed by atoms with E-state index in [0.29, 0.717) is 11.9 Å². The highest BCUT2D eigenvalue weighted by Crippen LogP contribution is 2.27. The molecule has 0 amide bonds. The minimum absolute atomic E-state index is 0.166. The lowest BCUT2D eigenvalue weighted by Gasteiger charge is -2.08. The Morgan fingerprint density at radius 2 is 2.15 bits per heavy atom. The zero-order chi connectivity index (χ0) is 13.9. The SMILES string of the molecule is Fc1ccc(Br)cc1Oc1cc(CNC2CC2)ccn1. The molecule has 0 spiro atoms. The molecule has 1 saturated carbocycles. The van der Waals surface area contributed by atoms with E-state index in [0.717, 1.165) is 16.6 Å². The summed E-state index contributed by atoms with van der Waals surface area (Å²) < 4.78 is 19.9. The molecule has 0 unspecified atom stereocenters. The van der Waals surface area contributed by atoms with Gasteiger partial charge >= 0.3 is 0 Å². The number of rotatable bonds is 5. The molecule has 0 aliphatic heterocycles. The van der Waals surface area contributed by atoms with Crippen molar-refractivity contribution in [3.8, 4) is 11.6 Å². The van der Waals surface area contributed by atoms with Crippen LogP contribution in [-0.2, 0) is 6.54 Å². The third-order valence-electron chi connectivity index (χ3n) is 3.08. The summed E-state index contributed by atoms with van der Waals surface area (Å²) in [5.74, 6) is 0.160. The van der Waals surface area contributed by atoms with Gasteiger partial charge in [0.2, 0.25) is 5.88 Å². The maximum Gasteiger partial charge on any atom is 0.219 e. The number of nitrogens with one attached hydrogen (secondary N) is 1. The molecule has 3 nitrogen and oxygen atoms in total. The van der Waals surface area contributed by atoms with E-state index in [9.17, 15) is 4.39 Å². The molecule has 0 atom stereocenters. The van der Waals surface area contributed by atoms with Gasteiger partial charge in [-0.2, -0.15) is 0 Å². The van der Waals surface area contributed by atoms with E-state index in [-0.39, 0.29) is 5.75 Å². The molecule has 1 aliphatic carbocycles. The maximum atomic E-state index is 13.6. The van der Waals surface area contributed by atoms with Crippen molar-refractivity contribution in [1.82, 2.24) is 10.3 Å². The van der Waals surface area contributed by atoms with Gasteiger partial charge in [0.25, 0.3) is 0 Å². The molecule has 104 valence electrons. The zero-order valence-electron chi connectivity index (χ0n) is 10.8. The number of aromatic nitrogens is 1. The van der Waals surface area contributed by atoms with Crippen LogP contribution in [0.2, 0.25) is 0 Å². The van der Waals surface area contributed by atoms with E-state index in [4.69, 9.17) is 4.74 Å². The maximum absolute atomic E-state index is 13.6. The van der Waals surface area contributed by atoms with Gasteiger partial charge in [-0.05, 0) is 42.7 Å². The molecule has 1 heterocycles. The van der Waals surface area contributed by atoms with Crippen LogP contribution in [0.3, 0.4) is 0 Å². The van der Waals surface area contributed by atoms with Crippen molar-refractivity contribution in [3.63, 3.8) is 0 Å². The summed E-state index contributed by atoms with van der Waals surface area (Å²) in [6.45, 7) is 0.782. The normalized spacial score (nSPS) is 14.3. The van der Waals surface area contributed by atoms with Crippen LogP contribution in [0.1, 0.15) is 18.4 Å². The minimum Gasteiger partial charge on any atom is -0.436 e. The summed E-state index contributed by atoms with van der Waals surface area (Å²) in [5.41, 5.74) is 1.08. The van der Waals surface area contributed by atoms with Gasteiger partial charge in [0, 0.05) is 29.3 Å². The lowest BCUT2D eigenvalue weighted by Crippen LogP contribution is -2.15. The van der Waals surface area contributed by atoms with Crippen molar-refractivity contribution in [3.05, 3.63) is 52.4 Å². The molecule has 2 aromatic rings. The van der Waals surface area contributed by atoms with Crippen LogP contribution in [0.5, 0.6) is 11.6 Å². The summed E-state index contributed by atoms with van der Waals surface area (Å²) in [7, 11) is 0. The molecule has 1 aliphatic rings. The van der Waals surface area contributed by atoms with Crippen LogP contribution in [0.15, 0.2) is 41.0 Å². The first-order chi connectivity index (χ1) is 9.70. The van der Waals surface area contributed by atoms with Crippen molar-refractivity contribution >= 4 is 15.9 Å². The Hall–Kier alpha value is -1.46. The number of hydrogen-bond acceptors (Lipinski definition) is 3. The van der Waals surface area contributed by atoms with E-state index in [2.05, 4.69) is 26.2 Å². The first kappa shape index (κ1) is 13.5. The van der Waals surface area contributed by atoms with Gasteiger partial charge in [-0.25, -0.2) is 9.37 Å². The van der Waals surface area contributed by atoms with Crippen molar-refractivity contribution in [2.45, 2.75) is 25.4 Å². The van der Waals surface area contributed by atoms with Crippen LogP contribution in [0.25, 0.3) is 0 Å². The fraction of sp³-hybridized carbons (Fsp3) is 0.267. The van der Waals surface area contributed by atoms with Crippen molar-refractivity contribution in [2.24, 2.45) is 0 Å². The van der Waals surface area contributed by atoms with Crippen LogP contribution in [0, 0.1) is 5.82 Å². The average Bonchev–Trinajstić information content (AvgIpc) is 3.25. The predicted molar refractivity (Wildman–Crippen MR) is 78.3 cm³/mol. The Morgan fingerprint density at radius 3 is 2.95 bits per heavy atom. The largest absolute Gasteiger partial charge is 0.436 e. The lowest BCUT2D eigenvalue weighted by atomic mass is 10.2. The molecule has 0 radical (unpaired) electrons. The van der Waals surface area contributed by atoms with Crippen LogP contribution < -0.4 is 10.1 Å². The lowest BCUT2D eigenvalue weighted by molar-refractivity contribution is 0.426. The smallest absolute Gasteiger partial charge is 0.219 e. The summed E-state index contributed by atoms with van der Waals surface area (Å²) in [5, 5.41) is 3.42. The van der Waals surface area contributed by atoms with E-state index < -0.39 is 5.82 Å². The van der Waals surface area contributed by atoms with E-state index in [1.165, 1.54) is 18.9 Å². The third-order valence-corrected chi connectivity index (χ3v) is 3.57. The second-order valence-electron chi connectivity index (χ2n) is 4.83. The Morgan fingerprint density at radius 1 is 1.30 bits per heavy atom. The standard InChI is InChI=1S/C15H14BrFN2O/c16-11-1-4-13(17)14(8-11)20-15-7-10(5-6-18-15)9-19-12-2-3-12/h1,4-8,12,19H,2-3,9H2. The molecule has 1 aromatic carbocycles. The Labute approximate surface area is 125 Å². The molecular formula is C15H14BrFN2O. The van der Waals surface area contributed by atoms with Crippen LogP contribution in [-0.4, -0.2) is 11.0 Å². The summed E-state index contributed by atoms with van der Waals surface area (Å²) in [6, 6.07) is 8.99. The number of pyridine rings is 1. The number of halogens is 2. The van der Waals surface area contributed by atoms with Gasteiger partial charge in [0.05, 0.1) is 0 Å². The van der Waals surface area contributed by atoms with Crippen LogP contribution in [0.4, 0.5) is 4.39 Å². The van der Waals surface area contributed by atoms with Crippen molar-refractivity contribution < 1.29 is 9.13 Å². The summed E-state index contributed by atoms with van der Waals surface area (Å²) >= 11 is 3.29. The second-order valence-corrected chi connectivity index (χ2v) is 5.75. The van der Waals surface area contributed by atoms with Gasteiger partial charge in [-0.3, -0.25) is 0 Å². The number of benzene rings is 1. The zero-order valence-corrected chi connectivity index (χ0v) is 12.4. The Kier molecular flexibility index (Phi) is 3.98. The molecule has 1 N–H and O–H groups in total. The monoisotopic (exact) mass is 336 g/mol. The number of hydrogen-bond donors (Lipinski definition) is 1. The highest BCUT2D eigenvalue weighted by Gasteiger charge is 2.20. The Balaban J connectivity index is 1.72. The summed E-state index contributed by atoms with van der Waals surface area (Å²) in [4.78, 5) is 4.12. The average molecular weight is 337 g/mol. The number of ether oxygens (including phenoxy) is 1. The summed E-state index contributed by atoms with van der Waals surface area (Å²) in [6.07, 6.45) is 4.17. The molecule has 0 bridgehead atoms. The van der Waals surface area contributed by atoms with E-state index >= 15 is 0 Å². The minimum atomic E-state index is -0.406. The van der Waals surface area contributed by atoms with Crippen LogP contribution >= 0.6 is 15.9 Å². The van der Waals surface area contributed by atoms with Gasteiger partial charge in [0.15, 0.2) is 11.6 Å². The van der Waals surface area contributed by atoms with Crippen molar-refractivity contribution in [1.29, 1.82) is 0 Å². The first-order valence-electron chi connectivity index (χ1n) is 6.52. The molecule has 20 heavy (non-hydrogen) atoms. The van der Waals surface area contributed by atoms with E-state index in [1.807, 2.05) is 12.1 Å². The van der Waals surface area contributed by atoms with Gasteiger partial charge in [0.1, 0.15) is 0 Å². The Bertz CT molecular complexity index is 617. The molecule has 3 rings (SSSR count). The van der Waals surface area contributed by atoms with E-state index in [1.54, 1.807) is 18.3 Å². The quantitative estimate of drug-likeness (QED) is 0.895. The molecular weight excluding hydrogens is 323 g/mol. The number of nitrogens with zero attached hydrogens (tertiary/aromatic N) is 1. The predicted octanol–water partition coefficient (Wildman–Crippen LogP) is 4.03. The topological polar surface area (TPSA) is 34.1 Å². The first-order valence-corrected chi connectivity index (χ1v) is 7.31. The highest BCUT2D eigenvalue weighted by atomic mass is 79.9. The molecule has 0 saturated heterocycles. The van der Waals surface area contributed by atoms with Crippen molar-refractivity contribution in [2.75, 3.05) is 0 Å². The molecule has 1 aromatic heterocycles. The highest BCUT2D eigenvalue weighted by molar-refractivity contribution is 9.10. The van der Waals surface area contributed by atoms with Gasteiger partial charge in [-0.15, -0.1) is 0 Å². The molecule has 5 heteroatoms. The van der Waals surface area contributed by atoms with Gasteiger partial charge in [-0.1, -0.05) is 15.9 Å². The third kappa shape index (κ3) is 3.55. The fourth-order valence-electron chi connectivity index (χ4n) is 1.83.